The van der Waals surface area contributed by atoms with E-state index in [-0.39, 0.29) is 5.95 Å². The Morgan fingerprint density at radius 2 is 1.48 bits per heavy atom. The number of hydrogen-bond acceptors (Lipinski definition) is 6. The number of methoxy groups -OCH3 is 2. The number of hydrogen-bond donors (Lipinski definition) is 1. The first kappa shape index (κ1) is 18.9. The van der Waals surface area contributed by atoms with E-state index in [0.717, 1.165) is 0 Å². The molecule has 0 aliphatic heterocycles. The van der Waals surface area contributed by atoms with Gasteiger partial charge >= 0.3 is 6.09 Å². The molecule has 0 aromatic carbocycles. The predicted octanol–water partition coefficient (Wildman–Crippen LogP) is 3.18. The summed E-state index contributed by atoms with van der Waals surface area (Å²) >= 11 is 0. The summed E-state index contributed by atoms with van der Waals surface area (Å²) in [5.74, 6) is 0.726. The fourth-order valence-electron chi connectivity index (χ4n) is 1.32. The van der Waals surface area contributed by atoms with Crippen LogP contribution in [0.15, 0.2) is 0 Å². The molecular formula is C14H25N3O4. The van der Waals surface area contributed by atoms with Crippen LogP contribution in [0.5, 0.6) is 11.8 Å². The van der Waals surface area contributed by atoms with E-state index in [1.807, 2.05) is 13.8 Å². The Hall–Kier alpha value is -2.05. The lowest BCUT2D eigenvalue weighted by Crippen LogP contribution is -2.28. The van der Waals surface area contributed by atoms with Gasteiger partial charge in [-0.05, 0) is 27.7 Å². The quantitative estimate of drug-likeness (QED) is 0.923. The zero-order valence-electron chi connectivity index (χ0n) is 14.0. The molecule has 1 amide bonds. The summed E-state index contributed by atoms with van der Waals surface area (Å²) in [5.41, 5.74) is 0.0582. The Balaban J connectivity index is 0.00000191. The van der Waals surface area contributed by atoms with Crippen molar-refractivity contribution in [3.8, 4) is 11.8 Å². The van der Waals surface area contributed by atoms with Gasteiger partial charge in [0.05, 0.1) is 19.8 Å². The van der Waals surface area contributed by atoms with Crippen LogP contribution in [0.2, 0.25) is 0 Å². The van der Waals surface area contributed by atoms with Gasteiger partial charge < -0.3 is 14.2 Å². The third kappa shape index (κ3) is 6.29. The number of carbonyl (C=O) groups is 1. The molecule has 1 N–H and O–H groups in total. The maximum absolute atomic E-state index is 11.6. The normalized spacial score (nSPS) is 10.1. The van der Waals surface area contributed by atoms with Crippen molar-refractivity contribution >= 4 is 12.0 Å². The van der Waals surface area contributed by atoms with Crippen LogP contribution < -0.4 is 14.8 Å². The topological polar surface area (TPSA) is 82.6 Å². The monoisotopic (exact) mass is 299 g/mol. The highest BCUT2D eigenvalue weighted by molar-refractivity contribution is 5.82. The van der Waals surface area contributed by atoms with Crippen LogP contribution in [-0.4, -0.2) is 35.9 Å². The van der Waals surface area contributed by atoms with Gasteiger partial charge in [0.2, 0.25) is 17.7 Å². The van der Waals surface area contributed by atoms with E-state index in [9.17, 15) is 4.79 Å². The highest BCUT2D eigenvalue weighted by atomic mass is 16.6. The van der Waals surface area contributed by atoms with Gasteiger partial charge in [-0.3, -0.25) is 5.32 Å². The molecule has 1 aromatic heterocycles. The summed E-state index contributed by atoms with van der Waals surface area (Å²) < 4.78 is 15.3. The third-order valence-corrected chi connectivity index (χ3v) is 2.06. The van der Waals surface area contributed by atoms with Crippen LogP contribution in [0.3, 0.4) is 0 Å². The second kappa shape index (κ2) is 8.28. The second-order valence-corrected chi connectivity index (χ2v) is 4.82. The number of nitrogens with zero attached hydrogens (tertiary/aromatic N) is 2. The Labute approximate surface area is 126 Å². The molecule has 0 unspecified atom stereocenters. The van der Waals surface area contributed by atoms with E-state index in [1.54, 1.807) is 27.7 Å². The van der Waals surface area contributed by atoms with Crippen molar-refractivity contribution in [2.75, 3.05) is 19.5 Å². The predicted molar refractivity (Wildman–Crippen MR) is 81.1 cm³/mol. The molecule has 0 bridgehead atoms. The first-order valence-corrected chi connectivity index (χ1v) is 6.73. The van der Waals surface area contributed by atoms with E-state index in [2.05, 4.69) is 15.3 Å². The lowest BCUT2D eigenvalue weighted by atomic mass is 10.2. The number of ether oxygens (including phenoxy) is 3. The average Bonchev–Trinajstić information content (AvgIpc) is 2.40. The molecule has 120 valence electrons. The van der Waals surface area contributed by atoms with Crippen molar-refractivity contribution in [1.82, 2.24) is 9.97 Å². The minimum Gasteiger partial charge on any atom is -0.481 e. The number of aromatic nitrogens is 2. The van der Waals surface area contributed by atoms with Crippen molar-refractivity contribution < 1.29 is 19.0 Å². The van der Waals surface area contributed by atoms with Gasteiger partial charge in [0.1, 0.15) is 5.60 Å². The van der Waals surface area contributed by atoms with Crippen LogP contribution >= 0.6 is 0 Å². The third-order valence-electron chi connectivity index (χ3n) is 2.06. The maximum Gasteiger partial charge on any atom is 0.414 e. The van der Waals surface area contributed by atoms with Crippen molar-refractivity contribution in [1.29, 1.82) is 0 Å². The van der Waals surface area contributed by atoms with E-state index in [1.165, 1.54) is 14.2 Å². The standard InChI is InChI=1S/C12H19N3O4.C2H6/c1-7-8(17-5)13-10(14-9(7)18-6)15-11(16)19-12(2,3)4;1-2/h1-6H3,(H,13,14,15,16);1-2H3. The second-order valence-electron chi connectivity index (χ2n) is 4.82. The molecule has 0 saturated heterocycles. The first-order valence-electron chi connectivity index (χ1n) is 6.73. The van der Waals surface area contributed by atoms with Crippen molar-refractivity contribution in [2.45, 2.75) is 47.1 Å². The number of carbonyl (C=O) groups excluding carboxylic acids is 1. The number of anilines is 1. The van der Waals surface area contributed by atoms with Crippen molar-refractivity contribution in [3.05, 3.63) is 5.56 Å². The summed E-state index contributed by atoms with van der Waals surface area (Å²) in [6.45, 7) is 11.1. The molecule has 0 fully saturated rings. The van der Waals surface area contributed by atoms with Gasteiger partial charge in [-0.25, -0.2) is 4.79 Å². The Kier molecular flexibility index (Phi) is 7.48. The number of nitrogens with one attached hydrogen (secondary N) is 1. The Bertz CT molecular complexity index is 445. The molecule has 1 heterocycles. The lowest BCUT2D eigenvalue weighted by Gasteiger charge is -2.19. The van der Waals surface area contributed by atoms with Crippen LogP contribution in [0.25, 0.3) is 0 Å². The molecule has 21 heavy (non-hydrogen) atoms. The van der Waals surface area contributed by atoms with Gasteiger partial charge in [0.25, 0.3) is 0 Å². The summed E-state index contributed by atoms with van der Waals surface area (Å²) in [4.78, 5) is 19.7. The zero-order chi connectivity index (χ0) is 16.6. The van der Waals surface area contributed by atoms with Crippen LogP contribution in [0.4, 0.5) is 10.7 Å². The smallest absolute Gasteiger partial charge is 0.414 e. The van der Waals surface area contributed by atoms with Crippen LogP contribution in [-0.2, 0) is 4.74 Å². The molecule has 0 radical (unpaired) electrons. The fourth-order valence-corrected chi connectivity index (χ4v) is 1.32. The SMILES string of the molecule is CC.COc1nc(NC(=O)OC(C)(C)C)nc(OC)c1C. The van der Waals surface area contributed by atoms with Gasteiger partial charge in [0, 0.05) is 0 Å². The van der Waals surface area contributed by atoms with E-state index >= 15 is 0 Å². The zero-order valence-corrected chi connectivity index (χ0v) is 14.0. The van der Waals surface area contributed by atoms with E-state index in [4.69, 9.17) is 14.2 Å². The van der Waals surface area contributed by atoms with Gasteiger partial charge in [-0.1, -0.05) is 13.8 Å². The first-order chi connectivity index (χ1) is 9.76. The lowest BCUT2D eigenvalue weighted by molar-refractivity contribution is 0.0634. The molecule has 1 rings (SSSR count). The molecule has 7 nitrogen and oxygen atoms in total. The molecule has 0 spiro atoms. The van der Waals surface area contributed by atoms with E-state index in [0.29, 0.717) is 17.3 Å². The maximum atomic E-state index is 11.6. The molecule has 0 saturated carbocycles. The molecule has 0 atom stereocenters. The fraction of sp³-hybridized carbons (Fsp3) is 0.643. The number of rotatable bonds is 3. The Morgan fingerprint density at radius 1 is 1.05 bits per heavy atom. The van der Waals surface area contributed by atoms with Crippen LogP contribution in [0.1, 0.15) is 40.2 Å². The van der Waals surface area contributed by atoms with Gasteiger partial charge in [-0.2, -0.15) is 9.97 Å². The minimum absolute atomic E-state index is 0.0635. The summed E-state index contributed by atoms with van der Waals surface area (Å²) in [6.07, 6.45) is -0.638. The van der Waals surface area contributed by atoms with E-state index < -0.39 is 11.7 Å². The summed E-state index contributed by atoms with van der Waals surface area (Å²) in [6, 6.07) is 0. The highest BCUT2D eigenvalue weighted by Gasteiger charge is 2.19. The average molecular weight is 299 g/mol. The summed E-state index contributed by atoms with van der Waals surface area (Å²) in [7, 11) is 2.96. The Morgan fingerprint density at radius 3 is 1.81 bits per heavy atom. The molecule has 0 aliphatic carbocycles. The van der Waals surface area contributed by atoms with Gasteiger partial charge in [0.15, 0.2) is 0 Å². The van der Waals surface area contributed by atoms with Crippen molar-refractivity contribution in [3.63, 3.8) is 0 Å². The molecular weight excluding hydrogens is 274 g/mol. The summed E-state index contributed by atoms with van der Waals surface area (Å²) in [5, 5.41) is 2.43. The molecule has 1 aromatic rings. The van der Waals surface area contributed by atoms with Crippen molar-refractivity contribution in [2.24, 2.45) is 0 Å². The molecule has 7 heteroatoms. The van der Waals surface area contributed by atoms with Crippen LogP contribution in [0, 0.1) is 6.92 Å². The molecule has 0 aliphatic rings. The van der Waals surface area contributed by atoms with Gasteiger partial charge in [-0.15, -0.1) is 0 Å². The largest absolute Gasteiger partial charge is 0.481 e. The number of amides is 1. The minimum atomic E-state index is -0.638. The highest BCUT2D eigenvalue weighted by Crippen LogP contribution is 2.25.